The van der Waals surface area contributed by atoms with Crippen LogP contribution in [0.2, 0.25) is 0 Å². The largest absolute Gasteiger partial charge is 0.382 e. The number of nitrogens with one attached hydrogen (secondary N) is 1. The summed E-state index contributed by atoms with van der Waals surface area (Å²) in [5.41, 5.74) is -0.726. The Kier molecular flexibility index (Phi) is 2.69. The molecule has 0 spiro atoms. The van der Waals surface area contributed by atoms with Gasteiger partial charge in [-0.15, -0.1) is 0 Å². The van der Waals surface area contributed by atoms with Gasteiger partial charge in [0.15, 0.2) is 0 Å². The fourth-order valence-electron chi connectivity index (χ4n) is 1.68. The Morgan fingerprint density at radius 3 is 2.88 bits per heavy atom. The van der Waals surface area contributed by atoms with Crippen LogP contribution in [0.4, 0.5) is 0 Å². The van der Waals surface area contributed by atoms with Gasteiger partial charge in [0.05, 0.1) is 5.69 Å². The van der Waals surface area contributed by atoms with Crippen molar-refractivity contribution in [2.45, 2.75) is 17.2 Å². The maximum atomic E-state index is 11.3. The molecule has 0 amide bonds. The van der Waals surface area contributed by atoms with Crippen molar-refractivity contribution in [3.8, 4) is 0 Å². The molecular formula is C9H13N3O3S. The van der Waals surface area contributed by atoms with E-state index in [9.17, 15) is 13.5 Å². The van der Waals surface area contributed by atoms with Crippen LogP contribution < -0.4 is 5.32 Å². The van der Waals surface area contributed by atoms with E-state index >= 15 is 0 Å². The molecule has 1 saturated heterocycles. The van der Waals surface area contributed by atoms with Gasteiger partial charge in [-0.25, -0.2) is 18.4 Å². The first-order valence-electron chi connectivity index (χ1n) is 4.88. The molecule has 0 saturated carbocycles. The van der Waals surface area contributed by atoms with E-state index in [2.05, 4.69) is 15.3 Å². The number of nitrogens with zero attached hydrogens (tertiary/aromatic N) is 2. The summed E-state index contributed by atoms with van der Waals surface area (Å²) in [6.45, 7) is 1.07. The van der Waals surface area contributed by atoms with Crippen LogP contribution in [0.1, 0.15) is 12.1 Å². The van der Waals surface area contributed by atoms with Crippen molar-refractivity contribution < 1.29 is 13.5 Å². The Balaban J connectivity index is 2.44. The van der Waals surface area contributed by atoms with E-state index in [1.807, 2.05) is 0 Å². The molecule has 1 aliphatic heterocycles. The number of sulfone groups is 1. The van der Waals surface area contributed by atoms with Crippen LogP contribution >= 0.6 is 0 Å². The fourth-order valence-corrected chi connectivity index (χ4v) is 2.19. The standard InChI is InChI=1S/C9H13N3O3S/c1-16(14,15)8-11-4-2-7(12-8)9(13)3-5-10-6-9/h2,4,10,13H,3,5-6H2,1H3. The molecule has 0 radical (unpaired) electrons. The number of aromatic nitrogens is 2. The Morgan fingerprint density at radius 2 is 2.31 bits per heavy atom. The highest BCUT2D eigenvalue weighted by Gasteiger charge is 2.35. The first-order chi connectivity index (χ1) is 7.42. The molecule has 1 fully saturated rings. The van der Waals surface area contributed by atoms with Crippen LogP contribution in [-0.4, -0.2) is 42.8 Å². The van der Waals surface area contributed by atoms with Crippen molar-refractivity contribution in [3.63, 3.8) is 0 Å². The second-order valence-electron chi connectivity index (χ2n) is 3.95. The van der Waals surface area contributed by atoms with E-state index in [1.54, 1.807) is 6.07 Å². The summed E-state index contributed by atoms with van der Waals surface area (Å²) in [5.74, 6) is 0. The van der Waals surface area contributed by atoms with Crippen molar-refractivity contribution in [1.29, 1.82) is 0 Å². The lowest BCUT2D eigenvalue weighted by atomic mass is 9.99. The molecule has 6 nitrogen and oxygen atoms in total. The minimum Gasteiger partial charge on any atom is -0.382 e. The van der Waals surface area contributed by atoms with Gasteiger partial charge in [0, 0.05) is 19.0 Å². The first-order valence-corrected chi connectivity index (χ1v) is 6.78. The van der Waals surface area contributed by atoms with Gasteiger partial charge in [-0.3, -0.25) is 0 Å². The normalized spacial score (nSPS) is 25.9. The quantitative estimate of drug-likeness (QED) is 0.651. The minimum atomic E-state index is -3.44. The van der Waals surface area contributed by atoms with Gasteiger partial charge in [-0.1, -0.05) is 0 Å². The molecule has 1 unspecified atom stereocenters. The summed E-state index contributed by atoms with van der Waals surface area (Å²) in [4.78, 5) is 7.59. The lowest BCUT2D eigenvalue weighted by Crippen LogP contribution is -2.30. The zero-order chi connectivity index (χ0) is 11.8. The Bertz CT molecular complexity index is 494. The van der Waals surface area contributed by atoms with Crippen molar-refractivity contribution in [2.75, 3.05) is 19.3 Å². The molecule has 1 atom stereocenters. The van der Waals surface area contributed by atoms with Gasteiger partial charge < -0.3 is 10.4 Å². The highest BCUT2D eigenvalue weighted by Crippen LogP contribution is 2.25. The smallest absolute Gasteiger partial charge is 0.247 e. The second kappa shape index (κ2) is 3.76. The van der Waals surface area contributed by atoms with E-state index in [-0.39, 0.29) is 5.16 Å². The van der Waals surface area contributed by atoms with Gasteiger partial charge in [-0.05, 0) is 19.0 Å². The van der Waals surface area contributed by atoms with E-state index < -0.39 is 15.4 Å². The molecule has 1 aromatic heterocycles. The fraction of sp³-hybridized carbons (Fsp3) is 0.556. The number of hydrogen-bond acceptors (Lipinski definition) is 6. The summed E-state index contributed by atoms with van der Waals surface area (Å²) < 4.78 is 22.6. The van der Waals surface area contributed by atoms with Crippen molar-refractivity contribution >= 4 is 9.84 Å². The zero-order valence-electron chi connectivity index (χ0n) is 8.84. The summed E-state index contributed by atoms with van der Waals surface area (Å²) in [6.07, 6.45) is 2.92. The lowest BCUT2D eigenvalue weighted by molar-refractivity contribution is 0.0533. The third-order valence-electron chi connectivity index (χ3n) is 2.57. The molecule has 2 heterocycles. The third kappa shape index (κ3) is 2.06. The van der Waals surface area contributed by atoms with Gasteiger partial charge in [0.25, 0.3) is 0 Å². The first kappa shape index (κ1) is 11.4. The topological polar surface area (TPSA) is 92.2 Å². The molecule has 1 aromatic rings. The summed E-state index contributed by atoms with van der Waals surface area (Å²) >= 11 is 0. The van der Waals surface area contributed by atoms with Gasteiger partial charge in [0.1, 0.15) is 5.60 Å². The number of hydrogen-bond donors (Lipinski definition) is 2. The second-order valence-corrected chi connectivity index (χ2v) is 5.86. The molecule has 2 rings (SSSR count). The van der Waals surface area contributed by atoms with Gasteiger partial charge in [0.2, 0.25) is 15.0 Å². The Morgan fingerprint density at radius 1 is 1.56 bits per heavy atom. The molecule has 0 aliphatic carbocycles. The van der Waals surface area contributed by atoms with E-state index in [4.69, 9.17) is 0 Å². The number of β-amino-alcohol motifs (C(OH)–C–C–N with tert-alkyl or cyclic N) is 1. The molecule has 88 valence electrons. The zero-order valence-corrected chi connectivity index (χ0v) is 9.66. The summed E-state index contributed by atoms with van der Waals surface area (Å²) in [5, 5.41) is 13.0. The van der Waals surface area contributed by atoms with Crippen LogP contribution in [0, 0.1) is 0 Å². The van der Waals surface area contributed by atoms with Gasteiger partial charge >= 0.3 is 0 Å². The van der Waals surface area contributed by atoms with Crippen molar-refractivity contribution in [3.05, 3.63) is 18.0 Å². The summed E-state index contributed by atoms with van der Waals surface area (Å²) in [6, 6.07) is 1.54. The SMILES string of the molecule is CS(=O)(=O)c1nccc(C2(O)CCNC2)n1. The molecule has 0 bridgehead atoms. The average Bonchev–Trinajstić information content (AvgIpc) is 2.66. The van der Waals surface area contributed by atoms with Crippen molar-refractivity contribution in [2.24, 2.45) is 0 Å². The van der Waals surface area contributed by atoms with Crippen LogP contribution in [0.3, 0.4) is 0 Å². The third-order valence-corrected chi connectivity index (χ3v) is 3.43. The predicted molar refractivity (Wildman–Crippen MR) is 56.5 cm³/mol. The van der Waals surface area contributed by atoms with Crippen LogP contribution in [0.5, 0.6) is 0 Å². The van der Waals surface area contributed by atoms with E-state index in [0.717, 1.165) is 6.26 Å². The van der Waals surface area contributed by atoms with Crippen molar-refractivity contribution in [1.82, 2.24) is 15.3 Å². The molecule has 1 aliphatic rings. The van der Waals surface area contributed by atoms with E-state index in [0.29, 0.717) is 25.2 Å². The summed E-state index contributed by atoms with van der Waals surface area (Å²) in [7, 11) is -3.44. The number of aliphatic hydroxyl groups is 1. The number of rotatable bonds is 2. The highest BCUT2D eigenvalue weighted by molar-refractivity contribution is 7.90. The average molecular weight is 243 g/mol. The molecular weight excluding hydrogens is 230 g/mol. The van der Waals surface area contributed by atoms with Crippen LogP contribution in [-0.2, 0) is 15.4 Å². The lowest BCUT2D eigenvalue weighted by Gasteiger charge is -2.20. The maximum Gasteiger partial charge on any atom is 0.247 e. The maximum absolute atomic E-state index is 11.3. The van der Waals surface area contributed by atoms with Crippen LogP contribution in [0.15, 0.2) is 17.4 Å². The van der Waals surface area contributed by atoms with Crippen LogP contribution in [0.25, 0.3) is 0 Å². The molecule has 0 aromatic carbocycles. The van der Waals surface area contributed by atoms with E-state index in [1.165, 1.54) is 6.20 Å². The highest BCUT2D eigenvalue weighted by atomic mass is 32.2. The monoisotopic (exact) mass is 243 g/mol. The Hall–Kier alpha value is -1.05. The van der Waals surface area contributed by atoms with Gasteiger partial charge in [-0.2, -0.15) is 0 Å². The Labute approximate surface area is 93.7 Å². The predicted octanol–water partition coefficient (Wildman–Crippen LogP) is -0.939. The molecule has 2 N–H and O–H groups in total. The minimum absolute atomic E-state index is 0.245. The molecule has 7 heteroatoms. The molecule has 16 heavy (non-hydrogen) atoms.